The monoisotopic (exact) mass is 302 g/mol. The highest BCUT2D eigenvalue weighted by molar-refractivity contribution is 5.94. The zero-order valence-electron chi connectivity index (χ0n) is 11.4. The van der Waals surface area contributed by atoms with Gasteiger partial charge in [0.2, 0.25) is 0 Å². The first-order chi connectivity index (χ1) is 10.6. The van der Waals surface area contributed by atoms with E-state index in [9.17, 15) is 13.6 Å². The van der Waals surface area contributed by atoms with E-state index in [4.69, 9.17) is 5.26 Å². The molecule has 112 valence electrons. The zero-order valence-corrected chi connectivity index (χ0v) is 11.4. The van der Waals surface area contributed by atoms with Gasteiger partial charge in [-0.15, -0.1) is 0 Å². The first kappa shape index (κ1) is 15.4. The maximum atomic E-state index is 13.4. The molecule has 0 atom stereocenters. The maximum absolute atomic E-state index is 13.4. The number of anilines is 1. The van der Waals surface area contributed by atoms with Crippen LogP contribution in [0, 0.1) is 23.0 Å². The second-order valence-electron chi connectivity index (χ2n) is 4.30. The summed E-state index contributed by atoms with van der Waals surface area (Å²) in [6.45, 7) is 0.439. The molecule has 0 bridgehead atoms. The Morgan fingerprint density at radius 1 is 1.14 bits per heavy atom. The predicted molar refractivity (Wildman–Crippen MR) is 76.1 cm³/mol. The van der Waals surface area contributed by atoms with E-state index in [0.29, 0.717) is 12.4 Å². The molecule has 0 radical (unpaired) electrons. The number of halogens is 2. The molecule has 1 aromatic heterocycles. The highest BCUT2D eigenvalue weighted by Crippen LogP contribution is 2.11. The van der Waals surface area contributed by atoms with E-state index >= 15 is 0 Å². The first-order valence-electron chi connectivity index (χ1n) is 6.45. The molecule has 1 amide bonds. The van der Waals surface area contributed by atoms with E-state index in [2.05, 4.69) is 15.6 Å². The molecule has 2 aromatic rings. The van der Waals surface area contributed by atoms with Gasteiger partial charge in [0.25, 0.3) is 5.91 Å². The lowest BCUT2D eigenvalue weighted by Crippen LogP contribution is -2.30. The lowest BCUT2D eigenvalue weighted by Gasteiger charge is -2.08. The van der Waals surface area contributed by atoms with Gasteiger partial charge in [0.1, 0.15) is 34.8 Å². The van der Waals surface area contributed by atoms with Crippen molar-refractivity contribution >= 4 is 11.7 Å². The molecular formula is C15H12F2N4O. The number of carbonyl (C=O) groups is 1. The molecule has 0 aliphatic rings. The van der Waals surface area contributed by atoms with Crippen molar-refractivity contribution in [2.45, 2.75) is 0 Å². The Hall–Kier alpha value is -3.01. The number of nitrogens with zero attached hydrogens (tertiary/aromatic N) is 2. The lowest BCUT2D eigenvalue weighted by molar-refractivity contribution is 0.0946. The summed E-state index contributed by atoms with van der Waals surface area (Å²) in [6.07, 6.45) is 0. The number of nitrogens with one attached hydrogen (secondary N) is 2. The largest absolute Gasteiger partial charge is 0.368 e. The number of hydrogen-bond donors (Lipinski definition) is 2. The summed E-state index contributed by atoms with van der Waals surface area (Å²) >= 11 is 0. The van der Waals surface area contributed by atoms with Crippen molar-refractivity contribution in [2.24, 2.45) is 0 Å². The molecule has 2 N–H and O–H groups in total. The van der Waals surface area contributed by atoms with Crippen molar-refractivity contribution in [1.82, 2.24) is 10.3 Å². The average molecular weight is 302 g/mol. The van der Waals surface area contributed by atoms with Gasteiger partial charge in [-0.1, -0.05) is 12.1 Å². The van der Waals surface area contributed by atoms with E-state index in [1.807, 2.05) is 6.07 Å². The minimum absolute atomic E-state index is 0.144. The smallest absolute Gasteiger partial charge is 0.257 e. The van der Waals surface area contributed by atoms with E-state index in [1.165, 1.54) is 6.07 Å². The summed E-state index contributed by atoms with van der Waals surface area (Å²) in [4.78, 5) is 15.7. The van der Waals surface area contributed by atoms with Crippen LogP contribution in [0.1, 0.15) is 16.1 Å². The number of nitriles is 1. The Morgan fingerprint density at radius 2 is 1.82 bits per heavy atom. The topological polar surface area (TPSA) is 77.8 Å². The first-order valence-corrected chi connectivity index (χ1v) is 6.45. The summed E-state index contributed by atoms with van der Waals surface area (Å²) in [5.74, 6) is -2.16. The fraction of sp³-hybridized carbons (Fsp3) is 0.133. The summed E-state index contributed by atoms with van der Waals surface area (Å²) in [5, 5.41) is 14.0. The van der Waals surface area contributed by atoms with Crippen LogP contribution in [0.5, 0.6) is 0 Å². The van der Waals surface area contributed by atoms with Crippen LogP contribution in [0.2, 0.25) is 0 Å². The van der Waals surface area contributed by atoms with Crippen LogP contribution in [0.4, 0.5) is 14.6 Å². The van der Waals surface area contributed by atoms with Crippen molar-refractivity contribution in [2.75, 3.05) is 18.4 Å². The normalized spacial score (nSPS) is 9.86. The van der Waals surface area contributed by atoms with Crippen LogP contribution in [-0.4, -0.2) is 24.0 Å². The SMILES string of the molecule is N#Cc1cccc(NCCNC(=O)c2c(F)cccc2F)n1. The molecule has 22 heavy (non-hydrogen) atoms. The zero-order chi connectivity index (χ0) is 15.9. The molecule has 5 nitrogen and oxygen atoms in total. The number of benzene rings is 1. The molecule has 0 saturated carbocycles. The van der Waals surface area contributed by atoms with E-state index in [0.717, 1.165) is 12.1 Å². The number of rotatable bonds is 5. The Bertz CT molecular complexity index is 707. The fourth-order valence-electron chi connectivity index (χ4n) is 1.77. The van der Waals surface area contributed by atoms with E-state index in [1.54, 1.807) is 18.2 Å². The third-order valence-corrected chi connectivity index (χ3v) is 2.77. The summed E-state index contributed by atoms with van der Waals surface area (Å²) < 4.78 is 26.8. The third kappa shape index (κ3) is 3.76. The fourth-order valence-corrected chi connectivity index (χ4v) is 1.77. The molecule has 0 aliphatic carbocycles. The van der Waals surface area contributed by atoms with E-state index < -0.39 is 23.1 Å². The number of aromatic nitrogens is 1. The van der Waals surface area contributed by atoms with Crippen LogP contribution in [0.3, 0.4) is 0 Å². The molecule has 7 heteroatoms. The maximum Gasteiger partial charge on any atom is 0.257 e. The van der Waals surface area contributed by atoms with Crippen LogP contribution >= 0.6 is 0 Å². The minimum Gasteiger partial charge on any atom is -0.368 e. The molecule has 1 aromatic carbocycles. The Kier molecular flexibility index (Phi) is 4.98. The van der Waals surface area contributed by atoms with Crippen molar-refractivity contribution in [3.63, 3.8) is 0 Å². The molecule has 0 fully saturated rings. The second-order valence-corrected chi connectivity index (χ2v) is 4.30. The molecule has 0 saturated heterocycles. The van der Waals surface area contributed by atoms with Gasteiger partial charge in [-0.3, -0.25) is 4.79 Å². The molecule has 1 heterocycles. The van der Waals surface area contributed by atoms with Gasteiger partial charge < -0.3 is 10.6 Å². The lowest BCUT2D eigenvalue weighted by atomic mass is 10.2. The van der Waals surface area contributed by atoms with Crippen LogP contribution in [-0.2, 0) is 0 Å². The summed E-state index contributed by atoms with van der Waals surface area (Å²) in [6, 6.07) is 10.0. The number of pyridine rings is 1. The van der Waals surface area contributed by atoms with Crippen molar-refractivity contribution in [3.05, 3.63) is 59.3 Å². The number of carbonyl (C=O) groups excluding carboxylic acids is 1. The molecule has 0 unspecified atom stereocenters. The van der Waals surface area contributed by atoms with Crippen molar-refractivity contribution < 1.29 is 13.6 Å². The van der Waals surface area contributed by atoms with E-state index in [-0.39, 0.29) is 12.2 Å². The van der Waals surface area contributed by atoms with Crippen LogP contribution in [0.25, 0.3) is 0 Å². The minimum atomic E-state index is -0.908. The summed E-state index contributed by atoms with van der Waals surface area (Å²) in [5.41, 5.74) is -0.338. The number of amides is 1. The molecular weight excluding hydrogens is 290 g/mol. The average Bonchev–Trinajstić information content (AvgIpc) is 2.51. The van der Waals surface area contributed by atoms with Crippen molar-refractivity contribution in [3.8, 4) is 6.07 Å². The van der Waals surface area contributed by atoms with Crippen molar-refractivity contribution in [1.29, 1.82) is 5.26 Å². The Morgan fingerprint density at radius 3 is 2.50 bits per heavy atom. The highest BCUT2D eigenvalue weighted by Gasteiger charge is 2.16. The van der Waals surface area contributed by atoms with Crippen LogP contribution in [0.15, 0.2) is 36.4 Å². The van der Waals surface area contributed by atoms with Gasteiger partial charge in [-0.2, -0.15) is 5.26 Å². The van der Waals surface area contributed by atoms with Gasteiger partial charge in [0, 0.05) is 13.1 Å². The Balaban J connectivity index is 1.86. The van der Waals surface area contributed by atoms with Gasteiger partial charge >= 0.3 is 0 Å². The quantitative estimate of drug-likeness (QED) is 0.829. The predicted octanol–water partition coefficient (Wildman–Crippen LogP) is 2.07. The van der Waals surface area contributed by atoms with Gasteiger partial charge in [-0.25, -0.2) is 13.8 Å². The molecule has 0 spiro atoms. The molecule has 2 rings (SSSR count). The number of hydrogen-bond acceptors (Lipinski definition) is 4. The highest BCUT2D eigenvalue weighted by atomic mass is 19.1. The van der Waals surface area contributed by atoms with Gasteiger partial charge in [0.05, 0.1) is 0 Å². The third-order valence-electron chi connectivity index (χ3n) is 2.77. The molecule has 0 aliphatic heterocycles. The van der Waals surface area contributed by atoms with Gasteiger partial charge in [0.15, 0.2) is 0 Å². The summed E-state index contributed by atoms with van der Waals surface area (Å²) in [7, 11) is 0. The van der Waals surface area contributed by atoms with Crippen LogP contribution < -0.4 is 10.6 Å². The van der Waals surface area contributed by atoms with Gasteiger partial charge in [-0.05, 0) is 24.3 Å². The second kappa shape index (κ2) is 7.13. The standard InChI is InChI=1S/C15H12F2N4O/c16-11-4-2-5-12(17)14(11)15(22)20-8-7-19-13-6-1-3-10(9-18)21-13/h1-6H,7-8H2,(H,19,21)(H,20,22). The Labute approximate surface area is 125 Å².